The molecule has 0 bridgehead atoms. The van der Waals surface area contributed by atoms with Crippen molar-refractivity contribution in [3.05, 3.63) is 41.6 Å². The summed E-state index contributed by atoms with van der Waals surface area (Å²) in [6, 6.07) is 3.23. The van der Waals surface area contributed by atoms with Gasteiger partial charge in [0.05, 0.1) is 18.4 Å². The number of anilines is 1. The third kappa shape index (κ3) is 3.50. The number of carbonyl (C=O) groups excluding carboxylic acids is 1. The Morgan fingerprint density at radius 2 is 2.08 bits per heavy atom. The van der Waals surface area contributed by atoms with Gasteiger partial charge in [0.15, 0.2) is 5.69 Å². The molecule has 1 amide bonds. The molecule has 0 aromatic carbocycles. The number of nitrogens with zero attached hydrogens (tertiary/aromatic N) is 3. The first-order valence-electron chi connectivity index (χ1n) is 7.45. The quantitative estimate of drug-likeness (QED) is 0.926. The fourth-order valence-electron chi connectivity index (χ4n) is 2.50. The van der Waals surface area contributed by atoms with Crippen LogP contribution in [0.1, 0.15) is 34.7 Å². The molecule has 0 radical (unpaired) electrons. The van der Waals surface area contributed by atoms with E-state index in [1.165, 1.54) is 6.26 Å². The van der Waals surface area contributed by atoms with Crippen LogP contribution in [0.4, 0.5) is 19.1 Å². The van der Waals surface area contributed by atoms with Crippen molar-refractivity contribution in [2.75, 3.05) is 18.0 Å². The zero-order valence-corrected chi connectivity index (χ0v) is 12.6. The molecule has 0 saturated carbocycles. The maximum atomic E-state index is 13.3. The van der Waals surface area contributed by atoms with Gasteiger partial charge in [0, 0.05) is 19.3 Å². The lowest BCUT2D eigenvalue weighted by molar-refractivity contribution is -0.141. The second-order valence-electron chi connectivity index (χ2n) is 5.39. The molecule has 128 valence electrons. The van der Waals surface area contributed by atoms with E-state index in [-0.39, 0.29) is 12.5 Å². The van der Waals surface area contributed by atoms with Crippen LogP contribution in [-0.4, -0.2) is 29.0 Å². The van der Waals surface area contributed by atoms with E-state index in [9.17, 15) is 18.0 Å². The van der Waals surface area contributed by atoms with Crippen molar-refractivity contribution in [2.24, 2.45) is 0 Å². The Balaban J connectivity index is 1.84. The number of carbonyl (C=O) groups is 1. The van der Waals surface area contributed by atoms with Gasteiger partial charge in [-0.3, -0.25) is 4.79 Å². The van der Waals surface area contributed by atoms with Crippen molar-refractivity contribution < 1.29 is 22.4 Å². The van der Waals surface area contributed by atoms with E-state index < -0.39 is 23.3 Å². The SMILES string of the molecule is O=C(NCc1ccco1)c1cnc(N2CCCC2)nc1C(F)(F)F. The Kier molecular flexibility index (Phi) is 4.41. The molecule has 1 N–H and O–H groups in total. The normalized spacial score (nSPS) is 14.9. The monoisotopic (exact) mass is 340 g/mol. The zero-order valence-electron chi connectivity index (χ0n) is 12.6. The first-order valence-corrected chi connectivity index (χ1v) is 7.45. The fraction of sp³-hybridized carbons (Fsp3) is 0.400. The first-order chi connectivity index (χ1) is 11.4. The van der Waals surface area contributed by atoms with E-state index in [1.54, 1.807) is 17.0 Å². The lowest BCUT2D eigenvalue weighted by Gasteiger charge is -2.18. The average molecular weight is 340 g/mol. The number of amides is 1. The van der Waals surface area contributed by atoms with Crippen molar-refractivity contribution in [1.82, 2.24) is 15.3 Å². The molecule has 3 rings (SSSR count). The summed E-state index contributed by atoms with van der Waals surface area (Å²) < 4.78 is 44.9. The maximum absolute atomic E-state index is 13.3. The number of furan rings is 1. The lowest BCUT2D eigenvalue weighted by atomic mass is 10.2. The molecular weight excluding hydrogens is 325 g/mol. The van der Waals surface area contributed by atoms with Crippen molar-refractivity contribution in [3.8, 4) is 0 Å². The summed E-state index contributed by atoms with van der Waals surface area (Å²) >= 11 is 0. The van der Waals surface area contributed by atoms with Crippen LogP contribution in [0, 0.1) is 0 Å². The maximum Gasteiger partial charge on any atom is 0.434 e. The highest BCUT2D eigenvalue weighted by atomic mass is 19.4. The van der Waals surface area contributed by atoms with Crippen LogP contribution in [0.2, 0.25) is 0 Å². The third-order valence-corrected chi connectivity index (χ3v) is 3.68. The molecule has 0 unspecified atom stereocenters. The van der Waals surface area contributed by atoms with Crippen LogP contribution in [-0.2, 0) is 12.7 Å². The Morgan fingerprint density at radius 1 is 1.33 bits per heavy atom. The Labute approximate surface area is 135 Å². The van der Waals surface area contributed by atoms with Crippen LogP contribution < -0.4 is 10.2 Å². The topological polar surface area (TPSA) is 71.3 Å². The second-order valence-corrected chi connectivity index (χ2v) is 5.39. The zero-order chi connectivity index (χ0) is 17.2. The van der Waals surface area contributed by atoms with Gasteiger partial charge in [-0.15, -0.1) is 0 Å². The van der Waals surface area contributed by atoms with Crippen molar-refractivity contribution in [2.45, 2.75) is 25.6 Å². The summed E-state index contributed by atoms with van der Waals surface area (Å²) in [5, 5.41) is 2.38. The summed E-state index contributed by atoms with van der Waals surface area (Å²) in [6.07, 6.45) is -0.626. The van der Waals surface area contributed by atoms with Crippen LogP contribution in [0.25, 0.3) is 0 Å². The molecule has 24 heavy (non-hydrogen) atoms. The average Bonchev–Trinajstić information content (AvgIpc) is 3.24. The fourth-order valence-corrected chi connectivity index (χ4v) is 2.50. The minimum absolute atomic E-state index is 0.00223. The Bertz CT molecular complexity index is 710. The second kappa shape index (κ2) is 6.50. The van der Waals surface area contributed by atoms with E-state index in [0.717, 1.165) is 19.0 Å². The highest BCUT2D eigenvalue weighted by molar-refractivity contribution is 5.95. The molecule has 1 aliphatic heterocycles. The number of hydrogen-bond donors (Lipinski definition) is 1. The van der Waals surface area contributed by atoms with Crippen LogP contribution >= 0.6 is 0 Å². The molecule has 1 fully saturated rings. The van der Waals surface area contributed by atoms with E-state index in [2.05, 4.69) is 15.3 Å². The van der Waals surface area contributed by atoms with Gasteiger partial charge >= 0.3 is 6.18 Å². The van der Waals surface area contributed by atoms with Crippen molar-refractivity contribution in [3.63, 3.8) is 0 Å². The largest absolute Gasteiger partial charge is 0.467 e. The summed E-state index contributed by atoms with van der Waals surface area (Å²) in [4.78, 5) is 21.3. The highest BCUT2D eigenvalue weighted by Crippen LogP contribution is 2.31. The lowest BCUT2D eigenvalue weighted by Crippen LogP contribution is -2.29. The molecular formula is C15H15F3N4O2. The minimum Gasteiger partial charge on any atom is -0.467 e. The molecule has 1 saturated heterocycles. The number of nitrogens with one attached hydrogen (secondary N) is 1. The number of alkyl halides is 3. The smallest absolute Gasteiger partial charge is 0.434 e. The molecule has 0 aliphatic carbocycles. The molecule has 9 heteroatoms. The van der Waals surface area contributed by atoms with E-state index in [1.807, 2.05) is 0 Å². The molecule has 2 aromatic rings. The predicted molar refractivity (Wildman–Crippen MR) is 78.4 cm³/mol. The summed E-state index contributed by atoms with van der Waals surface area (Å²) in [5.41, 5.74) is -1.83. The molecule has 0 spiro atoms. The van der Waals surface area contributed by atoms with Crippen LogP contribution in [0.15, 0.2) is 29.0 Å². The van der Waals surface area contributed by atoms with E-state index in [0.29, 0.717) is 18.8 Å². The van der Waals surface area contributed by atoms with Gasteiger partial charge in [0.25, 0.3) is 5.91 Å². The predicted octanol–water partition coefficient (Wildman–Crippen LogP) is 2.62. The van der Waals surface area contributed by atoms with Gasteiger partial charge in [-0.25, -0.2) is 9.97 Å². The van der Waals surface area contributed by atoms with Crippen LogP contribution in [0.5, 0.6) is 0 Å². The summed E-state index contributed by atoms with van der Waals surface area (Å²) in [5.74, 6) is -0.458. The Morgan fingerprint density at radius 3 is 2.71 bits per heavy atom. The van der Waals surface area contributed by atoms with Crippen molar-refractivity contribution in [1.29, 1.82) is 0 Å². The van der Waals surface area contributed by atoms with Gasteiger partial charge in [-0.2, -0.15) is 13.2 Å². The van der Waals surface area contributed by atoms with Gasteiger partial charge in [-0.05, 0) is 25.0 Å². The number of hydrogen-bond acceptors (Lipinski definition) is 5. The third-order valence-electron chi connectivity index (χ3n) is 3.68. The molecule has 3 heterocycles. The number of rotatable bonds is 4. The van der Waals surface area contributed by atoms with Gasteiger partial charge in [0.1, 0.15) is 5.76 Å². The standard InChI is InChI=1S/C15H15F3N4O2/c16-15(17,18)12-11(13(23)19-8-10-4-3-7-24-10)9-20-14(21-12)22-5-1-2-6-22/h3-4,7,9H,1-2,5-6,8H2,(H,19,23). The Hall–Kier alpha value is -2.58. The van der Waals surface area contributed by atoms with Gasteiger partial charge in [-0.1, -0.05) is 0 Å². The highest BCUT2D eigenvalue weighted by Gasteiger charge is 2.38. The van der Waals surface area contributed by atoms with Crippen molar-refractivity contribution >= 4 is 11.9 Å². The van der Waals surface area contributed by atoms with Crippen LogP contribution in [0.3, 0.4) is 0 Å². The molecule has 0 atom stereocenters. The molecule has 1 aliphatic rings. The van der Waals surface area contributed by atoms with E-state index >= 15 is 0 Å². The number of aromatic nitrogens is 2. The summed E-state index contributed by atoms with van der Waals surface area (Å²) in [6.45, 7) is 1.21. The van der Waals surface area contributed by atoms with E-state index in [4.69, 9.17) is 4.42 Å². The van der Waals surface area contributed by atoms with Gasteiger partial charge < -0.3 is 14.6 Å². The van der Waals surface area contributed by atoms with Gasteiger partial charge in [0.2, 0.25) is 5.95 Å². The number of halogens is 3. The first kappa shape index (κ1) is 16.3. The molecule has 2 aromatic heterocycles. The summed E-state index contributed by atoms with van der Waals surface area (Å²) in [7, 11) is 0. The minimum atomic E-state index is -4.74. The molecule has 6 nitrogen and oxygen atoms in total.